The van der Waals surface area contributed by atoms with E-state index in [0.29, 0.717) is 16.9 Å². The Morgan fingerprint density at radius 3 is 2.36 bits per heavy atom. The number of carbonyl (C=O) groups is 2. The average Bonchev–Trinajstić information content (AvgIpc) is 2.60. The Morgan fingerprint density at radius 1 is 1.12 bits per heavy atom. The number of carbonyl (C=O) groups excluding carboxylic acids is 2. The Labute approximate surface area is 147 Å². The topological polar surface area (TPSA) is 78.6 Å². The van der Waals surface area contributed by atoms with Crippen molar-refractivity contribution in [2.24, 2.45) is 5.73 Å². The zero-order chi connectivity index (χ0) is 18.4. The van der Waals surface area contributed by atoms with Crippen LogP contribution in [0.2, 0.25) is 0 Å². The quantitative estimate of drug-likeness (QED) is 0.783. The molecule has 0 bridgehead atoms. The van der Waals surface area contributed by atoms with Crippen molar-refractivity contribution in [2.75, 3.05) is 13.7 Å². The number of ketones is 1. The van der Waals surface area contributed by atoms with Crippen LogP contribution in [0, 0.1) is 6.92 Å². The van der Waals surface area contributed by atoms with Crippen molar-refractivity contribution < 1.29 is 19.1 Å². The standard InChI is InChI=1S/C20H23NO4/c1-13-4-6-15(7-5-13)20(23)25-12-17-10-16(8-9-19(17)24-3)18(11-21)14(2)22/h4-10,18H,11-12,21H2,1-3H3. The molecule has 0 amide bonds. The minimum Gasteiger partial charge on any atom is -0.496 e. The SMILES string of the molecule is COc1ccc(C(CN)C(C)=O)cc1COC(=O)c1ccc(C)cc1. The number of hydrogen-bond acceptors (Lipinski definition) is 5. The van der Waals surface area contributed by atoms with Gasteiger partial charge in [-0.05, 0) is 43.7 Å². The molecule has 132 valence electrons. The van der Waals surface area contributed by atoms with Gasteiger partial charge in [-0.25, -0.2) is 4.79 Å². The molecule has 0 aromatic heterocycles. The molecule has 2 aromatic carbocycles. The van der Waals surface area contributed by atoms with Crippen LogP contribution >= 0.6 is 0 Å². The molecule has 2 rings (SSSR count). The maximum Gasteiger partial charge on any atom is 0.338 e. The molecule has 0 aliphatic rings. The third kappa shape index (κ3) is 4.67. The van der Waals surface area contributed by atoms with E-state index < -0.39 is 5.97 Å². The molecule has 0 aliphatic heterocycles. The Balaban J connectivity index is 2.18. The van der Waals surface area contributed by atoms with Gasteiger partial charge in [0.15, 0.2) is 0 Å². The Hall–Kier alpha value is -2.66. The van der Waals surface area contributed by atoms with Gasteiger partial charge in [0.05, 0.1) is 18.6 Å². The maximum atomic E-state index is 12.2. The van der Waals surface area contributed by atoms with Crippen LogP contribution < -0.4 is 10.5 Å². The van der Waals surface area contributed by atoms with Crippen LogP contribution in [-0.4, -0.2) is 25.4 Å². The fourth-order valence-corrected chi connectivity index (χ4v) is 2.58. The van der Waals surface area contributed by atoms with Gasteiger partial charge >= 0.3 is 5.97 Å². The van der Waals surface area contributed by atoms with Gasteiger partial charge in [0, 0.05) is 12.1 Å². The molecule has 5 nitrogen and oxygen atoms in total. The van der Waals surface area contributed by atoms with E-state index in [1.54, 1.807) is 31.4 Å². The zero-order valence-corrected chi connectivity index (χ0v) is 14.7. The minimum absolute atomic E-state index is 0.00438. The van der Waals surface area contributed by atoms with Crippen molar-refractivity contribution in [2.45, 2.75) is 26.4 Å². The van der Waals surface area contributed by atoms with E-state index in [1.807, 2.05) is 25.1 Å². The molecule has 2 N–H and O–H groups in total. The van der Waals surface area contributed by atoms with Gasteiger partial charge in [-0.2, -0.15) is 0 Å². The van der Waals surface area contributed by atoms with Gasteiger partial charge < -0.3 is 15.2 Å². The number of Topliss-reactive ketones (excluding diaryl/α,β-unsaturated/α-hetero) is 1. The highest BCUT2D eigenvalue weighted by molar-refractivity contribution is 5.89. The fraction of sp³-hybridized carbons (Fsp3) is 0.300. The third-order valence-electron chi connectivity index (χ3n) is 4.08. The summed E-state index contributed by atoms with van der Waals surface area (Å²) in [6, 6.07) is 12.5. The van der Waals surface area contributed by atoms with E-state index in [-0.39, 0.29) is 24.9 Å². The lowest BCUT2D eigenvalue weighted by molar-refractivity contribution is -0.118. The molecule has 1 unspecified atom stereocenters. The highest BCUT2D eigenvalue weighted by Gasteiger charge is 2.17. The van der Waals surface area contributed by atoms with Crippen molar-refractivity contribution in [3.05, 3.63) is 64.7 Å². The maximum absolute atomic E-state index is 12.2. The smallest absolute Gasteiger partial charge is 0.338 e. The molecular formula is C20H23NO4. The van der Waals surface area contributed by atoms with Crippen LogP contribution in [0.15, 0.2) is 42.5 Å². The number of hydrogen-bond donors (Lipinski definition) is 1. The molecule has 0 heterocycles. The molecule has 2 aromatic rings. The Bertz CT molecular complexity index is 753. The number of benzene rings is 2. The van der Waals surface area contributed by atoms with Crippen molar-refractivity contribution in [3.8, 4) is 5.75 Å². The second kappa shape index (κ2) is 8.44. The van der Waals surface area contributed by atoms with E-state index in [0.717, 1.165) is 11.1 Å². The van der Waals surface area contributed by atoms with Gasteiger partial charge in [0.25, 0.3) is 0 Å². The van der Waals surface area contributed by atoms with Crippen molar-refractivity contribution in [1.29, 1.82) is 0 Å². The average molecular weight is 341 g/mol. The summed E-state index contributed by atoms with van der Waals surface area (Å²) in [4.78, 5) is 23.9. The van der Waals surface area contributed by atoms with Gasteiger partial charge in [-0.3, -0.25) is 4.79 Å². The lowest BCUT2D eigenvalue weighted by Crippen LogP contribution is -2.19. The molecule has 0 aliphatic carbocycles. The number of esters is 1. The van der Waals surface area contributed by atoms with Crippen LogP contribution in [0.5, 0.6) is 5.75 Å². The molecule has 0 saturated carbocycles. The summed E-state index contributed by atoms with van der Waals surface area (Å²) in [5.41, 5.74) is 8.75. The van der Waals surface area contributed by atoms with E-state index in [4.69, 9.17) is 15.2 Å². The first-order chi connectivity index (χ1) is 12.0. The molecule has 0 fully saturated rings. The molecule has 0 saturated heterocycles. The number of methoxy groups -OCH3 is 1. The summed E-state index contributed by atoms with van der Waals surface area (Å²) in [7, 11) is 1.55. The van der Waals surface area contributed by atoms with Crippen LogP contribution in [0.1, 0.15) is 39.9 Å². The molecule has 0 spiro atoms. The lowest BCUT2D eigenvalue weighted by Gasteiger charge is -2.15. The zero-order valence-electron chi connectivity index (χ0n) is 14.7. The van der Waals surface area contributed by atoms with E-state index >= 15 is 0 Å². The Morgan fingerprint density at radius 2 is 1.80 bits per heavy atom. The summed E-state index contributed by atoms with van der Waals surface area (Å²) in [6.07, 6.45) is 0. The minimum atomic E-state index is -0.408. The Kier molecular flexibility index (Phi) is 6.31. The first-order valence-corrected chi connectivity index (χ1v) is 8.07. The number of aryl methyl sites for hydroxylation is 1. The summed E-state index contributed by atoms with van der Waals surface area (Å²) in [5.74, 6) is -0.193. The monoisotopic (exact) mass is 341 g/mol. The second-order valence-electron chi connectivity index (χ2n) is 5.91. The second-order valence-corrected chi connectivity index (χ2v) is 5.91. The van der Waals surface area contributed by atoms with Crippen LogP contribution in [0.4, 0.5) is 0 Å². The summed E-state index contributed by atoms with van der Waals surface area (Å²) in [6.45, 7) is 3.75. The van der Waals surface area contributed by atoms with Crippen molar-refractivity contribution in [3.63, 3.8) is 0 Å². The summed E-state index contributed by atoms with van der Waals surface area (Å²) >= 11 is 0. The predicted molar refractivity (Wildman–Crippen MR) is 95.8 cm³/mol. The normalized spacial score (nSPS) is 11.7. The lowest BCUT2D eigenvalue weighted by atomic mass is 9.94. The largest absolute Gasteiger partial charge is 0.496 e. The van der Waals surface area contributed by atoms with Gasteiger partial charge in [-0.15, -0.1) is 0 Å². The first kappa shape index (κ1) is 18.7. The van der Waals surface area contributed by atoms with Crippen molar-refractivity contribution >= 4 is 11.8 Å². The molecule has 25 heavy (non-hydrogen) atoms. The predicted octanol–water partition coefficient (Wildman–Crippen LogP) is 2.99. The summed E-state index contributed by atoms with van der Waals surface area (Å²) in [5, 5.41) is 0. The number of nitrogens with two attached hydrogens (primary N) is 1. The van der Waals surface area contributed by atoms with Crippen LogP contribution in [-0.2, 0) is 16.1 Å². The first-order valence-electron chi connectivity index (χ1n) is 8.07. The van der Waals surface area contributed by atoms with Gasteiger partial charge in [0.2, 0.25) is 0 Å². The van der Waals surface area contributed by atoms with Crippen molar-refractivity contribution in [1.82, 2.24) is 0 Å². The molecular weight excluding hydrogens is 318 g/mol. The van der Waals surface area contributed by atoms with Gasteiger partial charge in [-0.1, -0.05) is 23.8 Å². The van der Waals surface area contributed by atoms with Crippen LogP contribution in [0.25, 0.3) is 0 Å². The van der Waals surface area contributed by atoms with Gasteiger partial charge in [0.1, 0.15) is 18.1 Å². The van der Waals surface area contributed by atoms with E-state index in [2.05, 4.69) is 0 Å². The summed E-state index contributed by atoms with van der Waals surface area (Å²) < 4.78 is 10.7. The highest BCUT2D eigenvalue weighted by atomic mass is 16.5. The highest BCUT2D eigenvalue weighted by Crippen LogP contribution is 2.25. The molecule has 5 heteroatoms. The van der Waals surface area contributed by atoms with Crippen LogP contribution in [0.3, 0.4) is 0 Å². The molecule has 0 radical (unpaired) electrons. The fourth-order valence-electron chi connectivity index (χ4n) is 2.58. The number of ether oxygens (including phenoxy) is 2. The molecule has 1 atom stereocenters. The van der Waals surface area contributed by atoms with E-state index in [1.165, 1.54) is 6.92 Å². The number of rotatable bonds is 7. The van der Waals surface area contributed by atoms with E-state index in [9.17, 15) is 9.59 Å². The third-order valence-corrected chi connectivity index (χ3v) is 4.08.